The zero-order chi connectivity index (χ0) is 12.5. The largest absolute Gasteiger partial charge is 0.289 e. The van der Waals surface area contributed by atoms with Crippen LogP contribution in [0.5, 0.6) is 0 Å². The summed E-state index contributed by atoms with van der Waals surface area (Å²) in [5, 5.41) is -0.0420. The van der Waals surface area contributed by atoms with Gasteiger partial charge in [-0.15, -0.1) is 0 Å². The van der Waals surface area contributed by atoms with Crippen molar-refractivity contribution in [1.29, 1.82) is 0 Å². The highest BCUT2D eigenvalue weighted by Gasteiger charge is 2.37. The topological polar surface area (TPSA) is 37.4 Å². The van der Waals surface area contributed by atoms with Crippen LogP contribution in [0, 0.1) is 5.92 Å². The Bertz CT molecular complexity index is 307. The Morgan fingerprint density at radius 2 is 2.06 bits per heavy atom. The van der Waals surface area contributed by atoms with Crippen LogP contribution in [-0.4, -0.2) is 27.3 Å². The molecule has 0 aromatic heterocycles. The van der Waals surface area contributed by atoms with Crippen LogP contribution in [0.15, 0.2) is 12.2 Å². The van der Waals surface area contributed by atoms with Gasteiger partial charge in [0.25, 0.3) is 5.24 Å². The van der Waals surface area contributed by atoms with Gasteiger partial charge in [0, 0.05) is 11.7 Å². The molecule has 0 aromatic carbocycles. The number of imide groups is 1. The average Bonchev–Trinajstić information content (AvgIpc) is 2.09. The lowest BCUT2D eigenvalue weighted by Gasteiger charge is -2.36. The minimum Gasteiger partial charge on any atom is -0.274 e. The third-order valence-corrected chi connectivity index (χ3v) is 3.61. The summed E-state index contributed by atoms with van der Waals surface area (Å²) < 4.78 is 0. The number of carbonyl (C=O) groups excluding carboxylic acids is 2. The van der Waals surface area contributed by atoms with Gasteiger partial charge in [0.15, 0.2) is 0 Å². The zero-order valence-electron chi connectivity index (χ0n) is 10.3. The Hall–Kier alpha value is -0.770. The number of carbonyl (C=O) groups is 2. The quantitative estimate of drug-likeness (QED) is 0.713. The van der Waals surface area contributed by atoms with E-state index in [1.54, 1.807) is 0 Å². The average molecular weight is 241 g/mol. The van der Waals surface area contributed by atoms with E-state index in [0.717, 1.165) is 5.57 Å². The standard InChI is InChI=1S/C12H19NO2S/c1-7(2)11(8(3)4)13-10(14)6-9(5)16-12(13)15/h8-9,11H,1,6H2,2-5H3/t9-,11-/m1/s1. The van der Waals surface area contributed by atoms with E-state index < -0.39 is 0 Å². The molecular formula is C12H19NO2S. The van der Waals surface area contributed by atoms with Gasteiger partial charge in [-0.1, -0.05) is 44.7 Å². The molecule has 4 heteroatoms. The predicted molar refractivity (Wildman–Crippen MR) is 67.4 cm³/mol. The van der Waals surface area contributed by atoms with E-state index in [4.69, 9.17) is 0 Å². The third kappa shape index (κ3) is 2.67. The maximum atomic E-state index is 11.9. The molecule has 0 aliphatic carbocycles. The third-order valence-electron chi connectivity index (χ3n) is 2.64. The first kappa shape index (κ1) is 13.3. The Labute approximate surface area is 101 Å². The summed E-state index contributed by atoms with van der Waals surface area (Å²) in [6.45, 7) is 11.7. The van der Waals surface area contributed by atoms with Crippen LogP contribution in [0.1, 0.15) is 34.1 Å². The van der Waals surface area contributed by atoms with Crippen molar-refractivity contribution in [2.45, 2.75) is 45.4 Å². The highest BCUT2D eigenvalue weighted by atomic mass is 32.2. The minimum absolute atomic E-state index is 0.0713. The molecule has 1 aliphatic rings. The van der Waals surface area contributed by atoms with Gasteiger partial charge < -0.3 is 0 Å². The Balaban J connectivity index is 2.96. The molecular weight excluding hydrogens is 222 g/mol. The molecule has 0 spiro atoms. The lowest BCUT2D eigenvalue weighted by Crippen LogP contribution is -2.49. The highest BCUT2D eigenvalue weighted by molar-refractivity contribution is 8.14. The molecule has 1 aliphatic heterocycles. The van der Waals surface area contributed by atoms with Crippen LogP contribution in [0.4, 0.5) is 4.79 Å². The molecule has 0 aromatic rings. The van der Waals surface area contributed by atoms with Gasteiger partial charge in [0.05, 0.1) is 6.04 Å². The van der Waals surface area contributed by atoms with E-state index in [-0.39, 0.29) is 28.4 Å². The summed E-state index contributed by atoms with van der Waals surface area (Å²) in [7, 11) is 0. The molecule has 0 radical (unpaired) electrons. The lowest BCUT2D eigenvalue weighted by atomic mass is 9.96. The lowest BCUT2D eigenvalue weighted by molar-refractivity contribution is -0.129. The second kappa shape index (κ2) is 5.04. The van der Waals surface area contributed by atoms with Crippen molar-refractivity contribution in [3.8, 4) is 0 Å². The van der Waals surface area contributed by atoms with Crippen molar-refractivity contribution in [2.75, 3.05) is 0 Å². The van der Waals surface area contributed by atoms with E-state index in [0.29, 0.717) is 6.42 Å². The van der Waals surface area contributed by atoms with Crippen molar-refractivity contribution < 1.29 is 9.59 Å². The van der Waals surface area contributed by atoms with Crippen LogP contribution in [-0.2, 0) is 4.79 Å². The monoisotopic (exact) mass is 241 g/mol. The molecule has 90 valence electrons. The fourth-order valence-corrected chi connectivity index (χ4v) is 2.97. The molecule has 0 unspecified atom stereocenters. The molecule has 3 nitrogen and oxygen atoms in total. The van der Waals surface area contributed by atoms with Crippen LogP contribution < -0.4 is 0 Å². The molecule has 1 heterocycles. The SMILES string of the molecule is C=C(C)[C@H](C(C)C)N1C(=O)C[C@@H](C)SC1=O. The second-order valence-corrected chi connectivity index (χ2v) is 6.09. The zero-order valence-corrected chi connectivity index (χ0v) is 11.1. The first-order valence-corrected chi connectivity index (χ1v) is 6.40. The van der Waals surface area contributed by atoms with Crippen molar-refractivity contribution >= 4 is 22.9 Å². The van der Waals surface area contributed by atoms with Gasteiger partial charge in [-0.3, -0.25) is 14.5 Å². The van der Waals surface area contributed by atoms with Gasteiger partial charge in [-0.25, -0.2) is 0 Å². The molecule has 0 N–H and O–H groups in total. The smallest absolute Gasteiger partial charge is 0.274 e. The maximum absolute atomic E-state index is 11.9. The number of hydrogen-bond acceptors (Lipinski definition) is 3. The molecule has 0 bridgehead atoms. The summed E-state index contributed by atoms with van der Waals surface area (Å²) in [4.78, 5) is 25.2. The number of rotatable bonds is 3. The summed E-state index contributed by atoms with van der Waals surface area (Å²) in [5.74, 6) is 0.136. The van der Waals surface area contributed by atoms with Crippen molar-refractivity contribution in [3.63, 3.8) is 0 Å². The summed E-state index contributed by atoms with van der Waals surface area (Å²) >= 11 is 1.24. The van der Waals surface area contributed by atoms with Gasteiger partial charge in [0.2, 0.25) is 5.91 Å². The summed E-state index contributed by atoms with van der Waals surface area (Å²) in [6, 6.07) is -0.167. The number of thioether (sulfide) groups is 1. The Morgan fingerprint density at radius 1 is 1.50 bits per heavy atom. The van der Waals surface area contributed by atoms with Crippen LogP contribution >= 0.6 is 11.8 Å². The maximum Gasteiger partial charge on any atom is 0.289 e. The van der Waals surface area contributed by atoms with Crippen LogP contribution in [0.25, 0.3) is 0 Å². The summed E-state index contributed by atoms with van der Waals surface area (Å²) in [6.07, 6.45) is 0.437. The highest BCUT2D eigenvalue weighted by Crippen LogP contribution is 2.31. The van der Waals surface area contributed by atoms with E-state index >= 15 is 0 Å². The molecule has 1 rings (SSSR count). The van der Waals surface area contributed by atoms with Gasteiger partial charge in [-0.05, 0) is 12.8 Å². The van der Waals surface area contributed by atoms with E-state index in [1.165, 1.54) is 16.7 Å². The van der Waals surface area contributed by atoms with E-state index in [9.17, 15) is 9.59 Å². The van der Waals surface area contributed by atoms with Crippen molar-refractivity contribution in [3.05, 3.63) is 12.2 Å². The number of hydrogen-bond donors (Lipinski definition) is 0. The van der Waals surface area contributed by atoms with Crippen LogP contribution in [0.2, 0.25) is 0 Å². The predicted octanol–water partition coefficient (Wildman–Crippen LogP) is 3.06. The van der Waals surface area contributed by atoms with E-state index in [1.807, 2.05) is 27.7 Å². The first-order valence-electron chi connectivity index (χ1n) is 5.52. The number of nitrogens with zero attached hydrogens (tertiary/aromatic N) is 1. The normalized spacial score (nSPS) is 23.8. The second-order valence-electron chi connectivity index (χ2n) is 4.70. The molecule has 0 saturated carbocycles. The van der Waals surface area contributed by atoms with Crippen molar-refractivity contribution in [2.24, 2.45) is 5.92 Å². The fourth-order valence-electron chi connectivity index (χ4n) is 2.07. The van der Waals surface area contributed by atoms with Crippen LogP contribution in [0.3, 0.4) is 0 Å². The minimum atomic E-state index is -0.167. The van der Waals surface area contributed by atoms with E-state index in [2.05, 4.69) is 6.58 Å². The molecule has 1 fully saturated rings. The van der Waals surface area contributed by atoms with Gasteiger partial charge in [0.1, 0.15) is 0 Å². The number of amides is 2. The molecule has 2 atom stereocenters. The van der Waals surface area contributed by atoms with Crippen molar-refractivity contribution in [1.82, 2.24) is 4.90 Å². The fraction of sp³-hybridized carbons (Fsp3) is 0.667. The molecule has 16 heavy (non-hydrogen) atoms. The summed E-state index contributed by atoms with van der Waals surface area (Å²) in [5.41, 5.74) is 0.867. The van der Waals surface area contributed by atoms with Gasteiger partial charge >= 0.3 is 0 Å². The first-order chi connectivity index (χ1) is 7.34. The Morgan fingerprint density at radius 3 is 2.44 bits per heavy atom. The Kier molecular flexibility index (Phi) is 4.19. The molecule has 1 saturated heterocycles. The van der Waals surface area contributed by atoms with Gasteiger partial charge in [-0.2, -0.15) is 0 Å². The molecule has 2 amide bonds.